The third-order valence-electron chi connectivity index (χ3n) is 11.3. The predicted octanol–water partition coefficient (Wildman–Crippen LogP) is 4.83. The van der Waals surface area contributed by atoms with Crippen LogP contribution in [0.3, 0.4) is 0 Å². The number of ether oxygens (including phenoxy) is 1. The number of amides is 4. The second kappa shape index (κ2) is 14.2. The van der Waals surface area contributed by atoms with E-state index in [0.717, 1.165) is 66.2 Å². The number of hydrogen-bond acceptors (Lipinski definition) is 6. The van der Waals surface area contributed by atoms with Crippen LogP contribution in [-0.2, 0) is 22.4 Å². The Labute approximate surface area is 283 Å². The third-order valence-corrected chi connectivity index (χ3v) is 11.3. The fraction of sp³-hybridized carbons (Fsp3) is 0.568. The van der Waals surface area contributed by atoms with E-state index in [9.17, 15) is 14.4 Å². The van der Waals surface area contributed by atoms with Gasteiger partial charge in [0.25, 0.3) is 5.91 Å². The maximum Gasteiger partial charge on any atom is 0.410 e. The van der Waals surface area contributed by atoms with Gasteiger partial charge in [-0.25, -0.2) is 14.6 Å². The molecule has 4 amide bonds. The number of carbonyl (C=O) groups excluding carboxylic acids is 3. The molecule has 3 aromatic rings. The molecule has 1 aromatic carbocycles. The van der Waals surface area contributed by atoms with Crippen molar-refractivity contribution in [1.82, 2.24) is 29.0 Å². The highest BCUT2D eigenvalue weighted by molar-refractivity contribution is 5.91. The quantitative estimate of drug-likeness (QED) is 0.409. The zero-order valence-electron chi connectivity index (χ0n) is 28.4. The average molecular weight is 656 g/mol. The normalized spacial score (nSPS) is 21.1. The van der Waals surface area contributed by atoms with E-state index in [0.29, 0.717) is 57.9 Å². The molecule has 4 aliphatic heterocycles. The Morgan fingerprint density at radius 3 is 2.38 bits per heavy atom. The summed E-state index contributed by atoms with van der Waals surface area (Å²) in [6.45, 7) is 7.34. The van der Waals surface area contributed by atoms with Crippen LogP contribution in [0.4, 0.5) is 15.3 Å². The molecule has 1 N–H and O–H groups in total. The molecule has 0 saturated carbocycles. The number of aromatic nitrogens is 2. The number of benzene rings is 1. The van der Waals surface area contributed by atoms with Crippen molar-refractivity contribution in [2.45, 2.75) is 70.4 Å². The number of imidazole rings is 1. The maximum absolute atomic E-state index is 14.1. The number of para-hydroxylation sites is 1. The van der Waals surface area contributed by atoms with E-state index >= 15 is 0 Å². The lowest BCUT2D eigenvalue weighted by Gasteiger charge is -2.40. The number of rotatable bonds is 6. The van der Waals surface area contributed by atoms with Gasteiger partial charge >= 0.3 is 12.1 Å². The first-order valence-electron chi connectivity index (χ1n) is 17.8. The van der Waals surface area contributed by atoms with Crippen LogP contribution in [0.25, 0.3) is 5.52 Å². The van der Waals surface area contributed by atoms with Gasteiger partial charge in [-0.15, -0.1) is 0 Å². The first kappa shape index (κ1) is 32.4. The van der Waals surface area contributed by atoms with Gasteiger partial charge in [-0.2, -0.15) is 0 Å². The van der Waals surface area contributed by atoms with E-state index in [1.54, 1.807) is 11.2 Å². The fourth-order valence-electron chi connectivity index (χ4n) is 8.38. The van der Waals surface area contributed by atoms with E-state index in [1.165, 1.54) is 12.8 Å². The molecule has 0 radical (unpaired) electrons. The number of fused-ring (bicyclic) bond motifs is 2. The number of pyridine rings is 1. The van der Waals surface area contributed by atoms with Crippen molar-refractivity contribution in [3.8, 4) is 0 Å². The number of anilines is 1. The van der Waals surface area contributed by atoms with Crippen LogP contribution in [0.5, 0.6) is 0 Å². The number of nitrogens with one attached hydrogen (secondary N) is 1. The van der Waals surface area contributed by atoms with E-state index in [-0.39, 0.29) is 18.0 Å². The van der Waals surface area contributed by atoms with Crippen molar-refractivity contribution in [2.75, 3.05) is 58.2 Å². The highest BCUT2D eigenvalue weighted by atomic mass is 16.6. The Kier molecular flexibility index (Phi) is 9.57. The lowest BCUT2D eigenvalue weighted by Crippen LogP contribution is -2.52. The van der Waals surface area contributed by atoms with Gasteiger partial charge in [0.1, 0.15) is 0 Å². The molecule has 7 rings (SSSR count). The molecule has 0 unspecified atom stereocenters. The number of aryl methyl sites for hydroxylation is 1. The molecule has 48 heavy (non-hydrogen) atoms. The minimum Gasteiger partial charge on any atom is -0.436 e. The van der Waals surface area contributed by atoms with Crippen LogP contribution >= 0.6 is 0 Å². The second-order valence-corrected chi connectivity index (χ2v) is 14.3. The number of piperidine rings is 3. The number of likely N-dealkylation sites (tertiary alicyclic amines) is 3. The maximum atomic E-state index is 14.1. The minimum absolute atomic E-state index is 0.0385. The fourth-order valence-corrected chi connectivity index (χ4v) is 8.38. The highest BCUT2D eigenvalue weighted by Gasteiger charge is 2.37. The summed E-state index contributed by atoms with van der Waals surface area (Å²) in [6, 6.07) is 9.95. The number of hydrogen-bond donors (Lipinski definition) is 1. The molecule has 0 aliphatic carbocycles. The van der Waals surface area contributed by atoms with Gasteiger partial charge in [0.05, 0.1) is 18.0 Å². The Morgan fingerprint density at radius 2 is 1.62 bits per heavy atom. The smallest absolute Gasteiger partial charge is 0.410 e. The molecule has 2 aromatic heterocycles. The van der Waals surface area contributed by atoms with Gasteiger partial charge in [-0.3, -0.25) is 4.79 Å². The van der Waals surface area contributed by atoms with Gasteiger partial charge in [0, 0.05) is 57.1 Å². The standard InChI is InChI=1S/C37H49N7O4/c1-26-21-27(24-43-25-38-23-33(26)43)22-34(35(45)41-16-9-29(10-17-41)28-7-14-40(2)15-8-28)48-37(47)42-18-12-31(13-19-42)44-20-11-30-5-3-4-6-32(30)39-36(44)46/h3-6,21,23-25,28-29,31,34H,7-20,22H2,1-2H3,(H,39,46)/t34-/m1/s1. The Bertz CT molecular complexity index is 1620. The van der Waals surface area contributed by atoms with Crippen LogP contribution in [-0.4, -0.2) is 112 Å². The summed E-state index contributed by atoms with van der Waals surface area (Å²) in [5, 5.41) is 3.06. The molecule has 11 heteroatoms. The lowest BCUT2D eigenvalue weighted by atomic mass is 9.79. The molecule has 3 fully saturated rings. The van der Waals surface area contributed by atoms with E-state index in [4.69, 9.17) is 4.74 Å². The summed E-state index contributed by atoms with van der Waals surface area (Å²) in [5.41, 5.74) is 5.01. The predicted molar refractivity (Wildman–Crippen MR) is 184 cm³/mol. The largest absolute Gasteiger partial charge is 0.436 e. The van der Waals surface area contributed by atoms with Crippen molar-refractivity contribution < 1.29 is 19.1 Å². The zero-order valence-corrected chi connectivity index (χ0v) is 28.4. The van der Waals surface area contributed by atoms with Gasteiger partial charge in [0.15, 0.2) is 6.10 Å². The van der Waals surface area contributed by atoms with Crippen LogP contribution in [0.1, 0.15) is 55.2 Å². The van der Waals surface area contributed by atoms with Crippen LogP contribution < -0.4 is 5.32 Å². The van der Waals surface area contributed by atoms with Crippen molar-refractivity contribution >= 4 is 29.2 Å². The summed E-state index contributed by atoms with van der Waals surface area (Å²) in [7, 11) is 2.20. The van der Waals surface area contributed by atoms with Crippen LogP contribution in [0, 0.1) is 18.8 Å². The van der Waals surface area contributed by atoms with Gasteiger partial charge in [-0.1, -0.05) is 24.3 Å². The number of nitrogens with zero attached hydrogens (tertiary/aromatic N) is 6. The Morgan fingerprint density at radius 1 is 0.938 bits per heavy atom. The molecule has 6 heterocycles. The second-order valence-electron chi connectivity index (χ2n) is 14.3. The molecular weight excluding hydrogens is 606 g/mol. The SMILES string of the molecule is Cc1cc(C[C@@H](OC(=O)N2CCC(N3CCc4ccccc4NC3=O)CC2)C(=O)N2CCC(C3CCN(C)CC3)CC2)cn2cncc12. The molecular formula is C37H49N7O4. The third kappa shape index (κ3) is 7.02. The molecule has 0 bridgehead atoms. The zero-order chi connectivity index (χ0) is 33.2. The summed E-state index contributed by atoms with van der Waals surface area (Å²) >= 11 is 0. The van der Waals surface area contributed by atoms with Gasteiger partial charge in [0.2, 0.25) is 0 Å². The van der Waals surface area contributed by atoms with Gasteiger partial charge in [-0.05, 0) is 107 Å². The summed E-state index contributed by atoms with van der Waals surface area (Å²) in [5.74, 6) is 1.27. The Hall–Kier alpha value is -4.12. The van der Waals surface area contributed by atoms with E-state index in [2.05, 4.69) is 34.4 Å². The highest BCUT2D eigenvalue weighted by Crippen LogP contribution is 2.33. The minimum atomic E-state index is -0.912. The topological polar surface area (TPSA) is 103 Å². The van der Waals surface area contributed by atoms with E-state index < -0.39 is 12.2 Å². The van der Waals surface area contributed by atoms with Crippen molar-refractivity contribution in [3.05, 3.63) is 65.7 Å². The first-order chi connectivity index (χ1) is 23.3. The molecule has 256 valence electrons. The molecule has 4 aliphatic rings. The van der Waals surface area contributed by atoms with E-state index in [1.807, 2.05) is 51.7 Å². The average Bonchev–Trinajstić information content (AvgIpc) is 3.52. The van der Waals surface area contributed by atoms with Crippen molar-refractivity contribution in [1.29, 1.82) is 0 Å². The van der Waals surface area contributed by atoms with Crippen molar-refractivity contribution in [3.63, 3.8) is 0 Å². The van der Waals surface area contributed by atoms with Crippen LogP contribution in [0.15, 0.2) is 49.1 Å². The first-order valence-corrected chi connectivity index (χ1v) is 17.8. The van der Waals surface area contributed by atoms with Crippen LogP contribution in [0.2, 0.25) is 0 Å². The number of carbonyl (C=O) groups is 3. The monoisotopic (exact) mass is 655 g/mol. The number of urea groups is 1. The molecule has 3 saturated heterocycles. The summed E-state index contributed by atoms with van der Waals surface area (Å²) in [4.78, 5) is 53.1. The molecule has 1 atom stereocenters. The summed E-state index contributed by atoms with van der Waals surface area (Å²) in [6.07, 6.45) is 11.1. The Balaban J connectivity index is 0.996. The van der Waals surface area contributed by atoms with Crippen molar-refractivity contribution in [2.24, 2.45) is 11.8 Å². The molecule has 0 spiro atoms. The lowest BCUT2D eigenvalue weighted by molar-refractivity contribution is -0.142. The summed E-state index contributed by atoms with van der Waals surface area (Å²) < 4.78 is 8.10. The van der Waals surface area contributed by atoms with Gasteiger partial charge < -0.3 is 34.1 Å². The molecule has 11 nitrogen and oxygen atoms in total.